The van der Waals surface area contributed by atoms with Crippen LogP contribution in [0.2, 0.25) is 0 Å². The summed E-state index contributed by atoms with van der Waals surface area (Å²) >= 11 is 0. The van der Waals surface area contributed by atoms with E-state index in [1.54, 1.807) is 6.92 Å². The Morgan fingerprint density at radius 1 is 1.20 bits per heavy atom. The fraction of sp³-hybridized carbons (Fsp3) is 0.857. The van der Waals surface area contributed by atoms with Crippen LogP contribution in [-0.2, 0) is 18.2 Å². The molecular weight excluding hydrogens is 341 g/mol. The molecule has 0 aromatic heterocycles. The number of nitrogens with two attached hydrogens (primary N) is 1. The number of carbonyl (C=O) groups is 1. The molecule has 0 fully saturated rings. The zero-order valence-electron chi connectivity index (χ0n) is 12.4. The smallest absolute Gasteiger partial charge is 0.790 e. The van der Waals surface area contributed by atoms with Crippen LogP contribution in [0.25, 0.3) is 0 Å². The van der Waals surface area contributed by atoms with Crippen LogP contribution in [0.4, 0.5) is 0 Å². The Kier molecular flexibility index (Phi) is 20.1. The summed E-state index contributed by atoms with van der Waals surface area (Å²) in [4.78, 5) is 42.6. The largest absolute Gasteiger partial charge is 1.00 e. The molecule has 8 nitrogen and oxygen atoms in total. The molecule has 0 heterocycles. The van der Waals surface area contributed by atoms with E-state index in [4.69, 9.17) is 5.73 Å². The molecule has 0 radical (unpaired) electrons. The first-order valence-electron chi connectivity index (χ1n) is 4.83. The second-order valence-corrected chi connectivity index (χ2v) is 7.17. The van der Waals surface area contributed by atoms with Crippen molar-refractivity contribution in [3.63, 3.8) is 0 Å². The Labute approximate surface area is 184 Å². The Morgan fingerprint density at radius 3 is 1.85 bits per heavy atom. The van der Waals surface area contributed by atoms with E-state index < -0.39 is 32.9 Å². The summed E-state index contributed by atoms with van der Waals surface area (Å²) in [5, 5.41) is 0. The third kappa shape index (κ3) is 13.2. The van der Waals surface area contributed by atoms with E-state index in [0.717, 1.165) is 6.92 Å². The van der Waals surface area contributed by atoms with Gasteiger partial charge in [0.15, 0.2) is 0 Å². The summed E-state index contributed by atoms with van der Waals surface area (Å²) in [5.41, 5.74) is 3.73. The molecule has 0 spiro atoms. The van der Waals surface area contributed by atoms with E-state index in [-0.39, 0.29) is 95.1 Å². The molecule has 0 rings (SSSR count). The number of phosphoric acid groups is 1. The second-order valence-electron chi connectivity index (χ2n) is 3.66. The van der Waals surface area contributed by atoms with Crippen molar-refractivity contribution >= 4 is 21.3 Å². The quantitative estimate of drug-likeness (QED) is 0.351. The van der Waals surface area contributed by atoms with Gasteiger partial charge in [0.1, 0.15) is 7.60 Å². The van der Waals surface area contributed by atoms with Gasteiger partial charge < -0.3 is 33.9 Å². The summed E-state index contributed by atoms with van der Waals surface area (Å²) in [6.07, 6.45) is 0.124. The van der Waals surface area contributed by atoms with Gasteiger partial charge in [-0.05, 0) is 12.8 Å². The zero-order chi connectivity index (χ0) is 13.9. The second kappa shape index (κ2) is 13.1. The van der Waals surface area contributed by atoms with Gasteiger partial charge in [0.25, 0.3) is 0 Å². The van der Waals surface area contributed by atoms with E-state index in [1.807, 2.05) is 0 Å². The van der Waals surface area contributed by atoms with E-state index in [9.17, 15) is 28.6 Å². The molecule has 3 atom stereocenters. The summed E-state index contributed by atoms with van der Waals surface area (Å²) in [7, 11) is -10.5. The number of carbonyl (C=O) groups excluding carboxylic acids is 1. The monoisotopic (exact) mass is 355 g/mol. The van der Waals surface area contributed by atoms with Crippen molar-refractivity contribution in [1.82, 2.24) is 0 Å². The van der Waals surface area contributed by atoms with Gasteiger partial charge in [0.05, 0.1) is 7.82 Å². The molecule has 0 aliphatic carbocycles. The standard InChI is InChI=1S/C7H17NO7P2.3Na/c1-3-6(7(8)9)4-5(2)16(10,11)15-17(12,13)14;;;/h5-6H,3-4H2,1-2H3,(H2,8,9)(H,10,11)(H2,12,13,14);;;/q;3*+1/p-3. The minimum Gasteiger partial charge on any atom is -0.790 e. The summed E-state index contributed by atoms with van der Waals surface area (Å²) < 4.78 is 25.0. The third-order valence-electron chi connectivity index (χ3n) is 2.27. The molecule has 0 bridgehead atoms. The van der Waals surface area contributed by atoms with Crippen LogP contribution in [-0.4, -0.2) is 11.6 Å². The fourth-order valence-corrected chi connectivity index (χ4v) is 3.52. The van der Waals surface area contributed by atoms with Crippen LogP contribution in [0.1, 0.15) is 26.7 Å². The minimum absolute atomic E-state index is 0. The Balaban J connectivity index is -0.000000427. The van der Waals surface area contributed by atoms with Crippen molar-refractivity contribution in [2.45, 2.75) is 32.3 Å². The maximum atomic E-state index is 11.3. The molecule has 0 aromatic carbocycles. The molecule has 3 unspecified atom stereocenters. The Hall–Kier alpha value is 2.77. The molecule has 0 aliphatic rings. The first kappa shape index (κ1) is 30.6. The normalized spacial score (nSPS) is 16.4. The number of hydrogen-bond donors (Lipinski definition) is 1. The topological polar surface area (TPSA) is 156 Å². The van der Waals surface area contributed by atoms with Crippen LogP contribution in [0.5, 0.6) is 0 Å². The van der Waals surface area contributed by atoms with Crippen LogP contribution < -0.4 is 109 Å². The number of primary amides is 1. The van der Waals surface area contributed by atoms with Crippen molar-refractivity contribution < 1.29 is 122 Å². The van der Waals surface area contributed by atoms with Crippen molar-refractivity contribution in [3.8, 4) is 0 Å². The van der Waals surface area contributed by atoms with Gasteiger partial charge in [-0.2, -0.15) is 0 Å². The maximum Gasteiger partial charge on any atom is 1.00 e. The van der Waals surface area contributed by atoms with Gasteiger partial charge in [0, 0.05) is 11.6 Å². The Bertz CT molecular complexity index is 377. The van der Waals surface area contributed by atoms with E-state index >= 15 is 0 Å². The van der Waals surface area contributed by atoms with Crippen LogP contribution in [0.3, 0.4) is 0 Å². The third-order valence-corrected chi connectivity index (χ3v) is 5.28. The molecule has 102 valence electrons. The molecule has 0 aromatic rings. The van der Waals surface area contributed by atoms with Gasteiger partial charge in [-0.1, -0.05) is 13.8 Å². The SMILES string of the molecule is CCC(CC(C)P(=O)([O-])OP(=O)([O-])[O-])C(N)=O.[Na+].[Na+].[Na+]. The van der Waals surface area contributed by atoms with Crippen LogP contribution >= 0.6 is 15.4 Å². The van der Waals surface area contributed by atoms with Gasteiger partial charge in [-0.3, -0.25) is 4.79 Å². The molecule has 13 heteroatoms. The summed E-state index contributed by atoms with van der Waals surface area (Å²) in [6.45, 7) is 2.78. The number of amides is 1. The first-order valence-corrected chi connectivity index (χ1v) is 7.90. The molecule has 0 saturated carbocycles. The van der Waals surface area contributed by atoms with Crippen LogP contribution in [0.15, 0.2) is 0 Å². The molecule has 0 aliphatic heterocycles. The average Bonchev–Trinajstić information content (AvgIpc) is 2.08. The predicted octanol–water partition coefficient (Wildman–Crippen LogP) is -10.3. The van der Waals surface area contributed by atoms with E-state index in [2.05, 4.69) is 4.31 Å². The van der Waals surface area contributed by atoms with E-state index in [0.29, 0.717) is 6.42 Å². The fourth-order valence-electron chi connectivity index (χ4n) is 1.24. The summed E-state index contributed by atoms with van der Waals surface area (Å²) in [5.74, 6) is -1.40. The molecule has 2 N–H and O–H groups in total. The van der Waals surface area contributed by atoms with Gasteiger partial charge in [-0.25, -0.2) is 0 Å². The zero-order valence-corrected chi connectivity index (χ0v) is 20.2. The molecular formula is C7H14NNa3O7P2. The van der Waals surface area contributed by atoms with Crippen LogP contribution in [0, 0.1) is 5.92 Å². The summed E-state index contributed by atoms with van der Waals surface area (Å²) in [6, 6.07) is 0. The minimum atomic E-state index is -5.61. The van der Waals surface area contributed by atoms with Crippen molar-refractivity contribution in [2.24, 2.45) is 11.7 Å². The van der Waals surface area contributed by atoms with Gasteiger partial charge in [-0.15, -0.1) is 0 Å². The van der Waals surface area contributed by atoms with E-state index in [1.165, 1.54) is 0 Å². The molecule has 20 heavy (non-hydrogen) atoms. The average molecular weight is 355 g/mol. The first-order chi connectivity index (χ1) is 7.49. The number of rotatable bonds is 7. The van der Waals surface area contributed by atoms with Gasteiger partial charge >= 0.3 is 88.7 Å². The molecule has 1 amide bonds. The maximum absolute atomic E-state index is 11.3. The van der Waals surface area contributed by atoms with Crippen molar-refractivity contribution in [2.75, 3.05) is 0 Å². The Morgan fingerprint density at radius 2 is 1.60 bits per heavy atom. The van der Waals surface area contributed by atoms with Crippen molar-refractivity contribution in [1.29, 1.82) is 0 Å². The van der Waals surface area contributed by atoms with Crippen molar-refractivity contribution in [3.05, 3.63) is 0 Å². The van der Waals surface area contributed by atoms with Gasteiger partial charge in [0.2, 0.25) is 5.91 Å². The predicted molar refractivity (Wildman–Crippen MR) is 53.4 cm³/mol. The molecule has 0 saturated heterocycles. The number of hydrogen-bond acceptors (Lipinski definition) is 7.